The van der Waals surface area contributed by atoms with Crippen LogP contribution in [0.1, 0.15) is 5.56 Å². The highest BCUT2D eigenvalue weighted by Crippen LogP contribution is 2.38. The van der Waals surface area contributed by atoms with Crippen molar-refractivity contribution in [3.05, 3.63) is 34.2 Å². The van der Waals surface area contributed by atoms with Crippen molar-refractivity contribution in [1.29, 1.82) is 0 Å². The van der Waals surface area contributed by atoms with Gasteiger partial charge in [0.05, 0.1) is 11.3 Å². The van der Waals surface area contributed by atoms with Crippen LogP contribution in [0.2, 0.25) is 0 Å². The quantitative estimate of drug-likeness (QED) is 0.748. The first-order chi connectivity index (χ1) is 8.95. The SMILES string of the molecule is O=c1cc(C(F)(F)F)c2cc3c(cc2o1)NCCO3. The molecule has 0 radical (unpaired) electrons. The Morgan fingerprint density at radius 3 is 2.74 bits per heavy atom. The van der Waals surface area contributed by atoms with Gasteiger partial charge in [-0.3, -0.25) is 0 Å². The second-order valence-electron chi connectivity index (χ2n) is 4.10. The predicted molar refractivity (Wildman–Crippen MR) is 61.5 cm³/mol. The van der Waals surface area contributed by atoms with Crippen LogP contribution < -0.4 is 15.7 Å². The summed E-state index contributed by atoms with van der Waals surface area (Å²) in [5.74, 6) is 0.318. The minimum Gasteiger partial charge on any atom is -0.490 e. The molecule has 1 N–H and O–H groups in total. The smallest absolute Gasteiger partial charge is 0.417 e. The number of hydrogen-bond donors (Lipinski definition) is 1. The van der Waals surface area contributed by atoms with E-state index in [9.17, 15) is 18.0 Å². The van der Waals surface area contributed by atoms with E-state index in [1.54, 1.807) is 0 Å². The zero-order valence-electron chi connectivity index (χ0n) is 9.50. The van der Waals surface area contributed by atoms with E-state index in [-0.39, 0.29) is 11.0 Å². The number of alkyl halides is 3. The normalized spacial score (nSPS) is 14.7. The van der Waals surface area contributed by atoms with Gasteiger partial charge in [-0.1, -0.05) is 0 Å². The summed E-state index contributed by atoms with van der Waals surface area (Å²) >= 11 is 0. The van der Waals surface area contributed by atoms with Crippen LogP contribution in [0.3, 0.4) is 0 Å². The van der Waals surface area contributed by atoms with Gasteiger partial charge in [0.25, 0.3) is 0 Å². The number of halogens is 3. The molecule has 0 aliphatic carbocycles. The fraction of sp³-hybridized carbons (Fsp3) is 0.250. The Bertz CT molecular complexity index is 706. The largest absolute Gasteiger partial charge is 0.490 e. The number of anilines is 1. The fourth-order valence-corrected chi connectivity index (χ4v) is 2.03. The van der Waals surface area contributed by atoms with Gasteiger partial charge in [0.2, 0.25) is 0 Å². The van der Waals surface area contributed by atoms with Crippen LogP contribution in [0.4, 0.5) is 18.9 Å². The van der Waals surface area contributed by atoms with Gasteiger partial charge in [0, 0.05) is 24.1 Å². The highest BCUT2D eigenvalue weighted by molar-refractivity contribution is 5.87. The van der Waals surface area contributed by atoms with E-state index in [2.05, 4.69) is 5.32 Å². The van der Waals surface area contributed by atoms with Crippen LogP contribution in [-0.2, 0) is 6.18 Å². The lowest BCUT2D eigenvalue weighted by Gasteiger charge is -2.20. The van der Waals surface area contributed by atoms with Crippen molar-refractivity contribution in [3.63, 3.8) is 0 Å². The van der Waals surface area contributed by atoms with Crippen molar-refractivity contribution in [2.24, 2.45) is 0 Å². The van der Waals surface area contributed by atoms with Gasteiger partial charge >= 0.3 is 11.8 Å². The summed E-state index contributed by atoms with van der Waals surface area (Å²) in [4.78, 5) is 11.2. The molecule has 0 spiro atoms. The van der Waals surface area contributed by atoms with Gasteiger partial charge in [0.15, 0.2) is 0 Å². The van der Waals surface area contributed by atoms with Crippen molar-refractivity contribution in [3.8, 4) is 5.75 Å². The predicted octanol–water partition coefficient (Wildman–Crippen LogP) is 2.62. The molecule has 4 nitrogen and oxygen atoms in total. The standard InChI is InChI=1S/C12H8F3NO3/c13-12(14,15)7-4-11(17)19-9-5-8-10(3-6(7)9)18-2-1-16-8/h3-5,16H,1-2H2. The Morgan fingerprint density at radius 2 is 2.00 bits per heavy atom. The minimum atomic E-state index is -4.62. The van der Waals surface area contributed by atoms with Crippen LogP contribution in [0.25, 0.3) is 11.0 Å². The van der Waals surface area contributed by atoms with Crippen molar-refractivity contribution in [2.75, 3.05) is 18.5 Å². The Labute approximate surface area is 104 Å². The molecule has 0 bridgehead atoms. The van der Waals surface area contributed by atoms with Crippen molar-refractivity contribution >= 4 is 16.7 Å². The Kier molecular flexibility index (Phi) is 2.44. The van der Waals surface area contributed by atoms with Gasteiger partial charge in [-0.15, -0.1) is 0 Å². The number of benzene rings is 1. The first kappa shape index (κ1) is 11.9. The molecule has 0 atom stereocenters. The summed E-state index contributed by atoms with van der Waals surface area (Å²) in [6.07, 6.45) is -4.62. The van der Waals surface area contributed by atoms with Gasteiger partial charge in [0.1, 0.15) is 17.9 Å². The molecule has 7 heteroatoms. The second-order valence-corrected chi connectivity index (χ2v) is 4.10. The molecule has 0 fully saturated rings. The molecule has 1 aromatic heterocycles. The van der Waals surface area contributed by atoms with E-state index >= 15 is 0 Å². The number of fused-ring (bicyclic) bond motifs is 2. The molecule has 1 aromatic carbocycles. The number of rotatable bonds is 0. The lowest BCUT2D eigenvalue weighted by atomic mass is 10.1. The summed E-state index contributed by atoms with van der Waals surface area (Å²) in [5.41, 5.74) is -1.65. The van der Waals surface area contributed by atoms with Crippen LogP contribution in [-0.4, -0.2) is 13.2 Å². The third kappa shape index (κ3) is 2.00. The Hall–Kier alpha value is -2.18. The molecule has 1 aliphatic heterocycles. The highest BCUT2D eigenvalue weighted by atomic mass is 19.4. The maximum atomic E-state index is 12.9. The average molecular weight is 271 g/mol. The summed E-state index contributed by atoms with van der Waals surface area (Å²) in [5, 5.41) is 2.78. The molecule has 0 saturated heterocycles. The van der Waals surface area contributed by atoms with Crippen LogP contribution in [0, 0.1) is 0 Å². The average Bonchev–Trinajstić information content (AvgIpc) is 2.34. The van der Waals surface area contributed by atoms with E-state index in [1.807, 2.05) is 0 Å². The Balaban J connectivity index is 2.35. The monoisotopic (exact) mass is 271 g/mol. The number of nitrogens with one attached hydrogen (secondary N) is 1. The molecule has 100 valence electrons. The molecular weight excluding hydrogens is 263 g/mol. The minimum absolute atomic E-state index is 0.114. The number of hydrogen-bond acceptors (Lipinski definition) is 4. The molecule has 1 aliphatic rings. The van der Waals surface area contributed by atoms with Crippen molar-refractivity contribution < 1.29 is 22.3 Å². The molecule has 0 unspecified atom stereocenters. The molecule has 2 aromatic rings. The maximum Gasteiger partial charge on any atom is 0.417 e. The van der Waals surface area contributed by atoms with Crippen molar-refractivity contribution in [2.45, 2.75) is 6.18 Å². The topological polar surface area (TPSA) is 51.5 Å². The molecule has 2 heterocycles. The lowest BCUT2D eigenvalue weighted by molar-refractivity contribution is -0.136. The van der Waals surface area contributed by atoms with E-state index in [4.69, 9.17) is 9.15 Å². The van der Waals surface area contributed by atoms with Crippen LogP contribution in [0.5, 0.6) is 5.75 Å². The third-order valence-electron chi connectivity index (χ3n) is 2.83. The molecule has 0 amide bonds. The van der Waals surface area contributed by atoms with Gasteiger partial charge < -0.3 is 14.5 Å². The first-order valence-electron chi connectivity index (χ1n) is 5.51. The van der Waals surface area contributed by atoms with E-state index in [0.717, 1.165) is 0 Å². The van der Waals surface area contributed by atoms with Gasteiger partial charge in [-0.25, -0.2) is 4.79 Å². The number of ether oxygens (including phenoxy) is 1. The maximum absolute atomic E-state index is 12.9. The Morgan fingerprint density at radius 1 is 1.21 bits per heavy atom. The molecule has 3 rings (SSSR count). The summed E-state index contributed by atoms with van der Waals surface area (Å²) in [7, 11) is 0. The first-order valence-corrected chi connectivity index (χ1v) is 5.51. The second kappa shape index (κ2) is 3.91. The zero-order chi connectivity index (χ0) is 13.6. The molecular formula is C12H8F3NO3. The van der Waals surface area contributed by atoms with Crippen molar-refractivity contribution in [1.82, 2.24) is 0 Å². The van der Waals surface area contributed by atoms with Crippen LogP contribution >= 0.6 is 0 Å². The van der Waals surface area contributed by atoms with E-state index in [0.29, 0.717) is 30.7 Å². The summed E-state index contributed by atoms with van der Waals surface area (Å²) < 4.78 is 48.8. The fourth-order valence-electron chi connectivity index (χ4n) is 2.03. The van der Waals surface area contributed by atoms with Crippen LogP contribution in [0.15, 0.2) is 27.4 Å². The zero-order valence-corrected chi connectivity index (χ0v) is 9.50. The van der Waals surface area contributed by atoms with Gasteiger partial charge in [-0.05, 0) is 6.07 Å². The highest BCUT2D eigenvalue weighted by Gasteiger charge is 2.34. The molecule has 0 saturated carbocycles. The lowest BCUT2D eigenvalue weighted by Crippen LogP contribution is -2.18. The molecule has 19 heavy (non-hydrogen) atoms. The summed E-state index contributed by atoms with van der Waals surface area (Å²) in [6.45, 7) is 0.915. The van der Waals surface area contributed by atoms with E-state index < -0.39 is 17.4 Å². The summed E-state index contributed by atoms with van der Waals surface area (Å²) in [6, 6.07) is 3.04. The third-order valence-corrected chi connectivity index (χ3v) is 2.83. The van der Waals surface area contributed by atoms with E-state index in [1.165, 1.54) is 12.1 Å². The van der Waals surface area contributed by atoms with Gasteiger partial charge in [-0.2, -0.15) is 13.2 Å².